The number of unbranched alkanes of at least 4 members (excludes halogenated alkanes) is 1. The fourth-order valence-corrected chi connectivity index (χ4v) is 2.27. The van der Waals surface area contributed by atoms with Crippen molar-refractivity contribution < 1.29 is 4.79 Å². The summed E-state index contributed by atoms with van der Waals surface area (Å²) in [4.78, 5) is 20.9. The highest BCUT2D eigenvalue weighted by atomic mass is 16.2. The zero-order valence-corrected chi connectivity index (χ0v) is 12.9. The van der Waals surface area contributed by atoms with Crippen LogP contribution >= 0.6 is 0 Å². The Morgan fingerprint density at radius 1 is 1.38 bits per heavy atom. The molecular weight excluding hydrogens is 264 g/mol. The summed E-state index contributed by atoms with van der Waals surface area (Å²) in [6.07, 6.45) is 7.93. The van der Waals surface area contributed by atoms with Crippen LogP contribution in [-0.2, 0) is 4.79 Å². The smallest absolute Gasteiger partial charge is 0.241 e. The van der Waals surface area contributed by atoms with Crippen LogP contribution in [-0.4, -0.2) is 27.1 Å². The molecule has 0 fully saturated rings. The molecule has 0 bridgehead atoms. The molecule has 5 heteroatoms. The molecule has 0 radical (unpaired) electrons. The van der Waals surface area contributed by atoms with Crippen molar-refractivity contribution in [3.05, 3.63) is 36.5 Å². The van der Waals surface area contributed by atoms with E-state index in [9.17, 15) is 4.79 Å². The SMILES string of the molecule is CCCCC(=O)N(CC)n1cc(-c2cccnc2)nc1C. The summed E-state index contributed by atoms with van der Waals surface area (Å²) in [5, 5.41) is 1.75. The molecule has 2 aromatic rings. The number of hydrogen-bond donors (Lipinski definition) is 0. The minimum Gasteiger partial charge on any atom is -0.273 e. The number of aryl methyl sites for hydroxylation is 1. The van der Waals surface area contributed by atoms with Gasteiger partial charge in [0.05, 0.1) is 11.9 Å². The van der Waals surface area contributed by atoms with Gasteiger partial charge in [0.1, 0.15) is 5.82 Å². The minimum absolute atomic E-state index is 0.137. The maximum atomic E-state index is 12.3. The molecule has 0 N–H and O–H groups in total. The van der Waals surface area contributed by atoms with E-state index < -0.39 is 0 Å². The van der Waals surface area contributed by atoms with Crippen molar-refractivity contribution in [2.24, 2.45) is 0 Å². The molecule has 0 saturated heterocycles. The fraction of sp³-hybridized carbons (Fsp3) is 0.438. The van der Waals surface area contributed by atoms with Crippen LogP contribution in [0.15, 0.2) is 30.7 Å². The molecule has 0 aliphatic carbocycles. The Balaban J connectivity index is 2.27. The zero-order valence-electron chi connectivity index (χ0n) is 12.9. The second-order valence-electron chi connectivity index (χ2n) is 4.97. The Bertz CT molecular complexity index is 592. The largest absolute Gasteiger partial charge is 0.273 e. The highest BCUT2D eigenvalue weighted by molar-refractivity contribution is 5.86. The highest BCUT2D eigenvalue weighted by Gasteiger charge is 2.16. The molecule has 2 heterocycles. The highest BCUT2D eigenvalue weighted by Crippen LogP contribution is 2.17. The Morgan fingerprint density at radius 2 is 2.19 bits per heavy atom. The van der Waals surface area contributed by atoms with Gasteiger partial charge < -0.3 is 0 Å². The number of imidazole rings is 1. The summed E-state index contributed by atoms with van der Waals surface area (Å²) in [5.41, 5.74) is 1.79. The average Bonchev–Trinajstić information content (AvgIpc) is 2.89. The number of hydrogen-bond acceptors (Lipinski definition) is 3. The number of nitrogens with zero attached hydrogens (tertiary/aromatic N) is 4. The molecular formula is C16H22N4O. The van der Waals surface area contributed by atoms with E-state index in [4.69, 9.17) is 0 Å². The van der Waals surface area contributed by atoms with Gasteiger partial charge in [-0.25, -0.2) is 14.7 Å². The summed E-state index contributed by atoms with van der Waals surface area (Å²) in [7, 11) is 0. The third-order valence-corrected chi connectivity index (χ3v) is 3.41. The predicted molar refractivity (Wildman–Crippen MR) is 83.5 cm³/mol. The summed E-state index contributed by atoms with van der Waals surface area (Å²) in [6, 6.07) is 3.85. The van der Waals surface area contributed by atoms with E-state index in [2.05, 4.69) is 16.9 Å². The maximum Gasteiger partial charge on any atom is 0.241 e. The summed E-state index contributed by atoms with van der Waals surface area (Å²) >= 11 is 0. The van der Waals surface area contributed by atoms with Crippen LogP contribution in [0.25, 0.3) is 11.3 Å². The van der Waals surface area contributed by atoms with Crippen molar-refractivity contribution in [2.75, 3.05) is 11.6 Å². The standard InChI is InChI=1S/C16H22N4O/c1-4-6-9-16(21)19(5-2)20-12-15(18-13(20)3)14-8-7-10-17-11-14/h7-8,10-12H,4-6,9H2,1-3H3. The normalized spacial score (nSPS) is 10.6. The minimum atomic E-state index is 0.137. The van der Waals surface area contributed by atoms with E-state index in [-0.39, 0.29) is 5.91 Å². The summed E-state index contributed by atoms with van der Waals surface area (Å²) in [6.45, 7) is 6.61. The number of amides is 1. The Hall–Kier alpha value is -2.17. The molecule has 0 aromatic carbocycles. The molecule has 0 atom stereocenters. The molecule has 2 rings (SSSR count). The Labute approximate surface area is 125 Å². The molecule has 0 unspecified atom stereocenters. The third kappa shape index (κ3) is 3.48. The van der Waals surface area contributed by atoms with Gasteiger partial charge in [-0.2, -0.15) is 0 Å². The lowest BCUT2D eigenvalue weighted by molar-refractivity contribution is -0.120. The molecule has 0 aliphatic rings. The van der Waals surface area contributed by atoms with E-state index in [1.165, 1.54) is 0 Å². The van der Waals surface area contributed by atoms with E-state index in [0.717, 1.165) is 29.9 Å². The molecule has 2 aromatic heterocycles. The third-order valence-electron chi connectivity index (χ3n) is 3.41. The summed E-state index contributed by atoms with van der Waals surface area (Å²) in [5.74, 6) is 0.943. The van der Waals surface area contributed by atoms with Gasteiger partial charge in [-0.05, 0) is 32.4 Å². The summed E-state index contributed by atoms with van der Waals surface area (Å²) < 4.78 is 1.85. The number of carbonyl (C=O) groups excluding carboxylic acids is 1. The predicted octanol–water partition coefficient (Wildman–Crippen LogP) is 2.93. The van der Waals surface area contributed by atoms with Gasteiger partial charge in [-0.3, -0.25) is 9.78 Å². The van der Waals surface area contributed by atoms with Gasteiger partial charge in [-0.15, -0.1) is 0 Å². The van der Waals surface area contributed by atoms with Crippen molar-refractivity contribution >= 4 is 5.91 Å². The first-order valence-corrected chi connectivity index (χ1v) is 7.44. The van der Waals surface area contributed by atoms with E-state index >= 15 is 0 Å². The lowest BCUT2D eigenvalue weighted by atomic mass is 10.2. The van der Waals surface area contributed by atoms with Crippen molar-refractivity contribution in [2.45, 2.75) is 40.0 Å². The van der Waals surface area contributed by atoms with Crippen molar-refractivity contribution in [1.29, 1.82) is 0 Å². The maximum absolute atomic E-state index is 12.3. The number of carbonyl (C=O) groups is 1. The quantitative estimate of drug-likeness (QED) is 0.820. The topological polar surface area (TPSA) is 51.0 Å². The van der Waals surface area contributed by atoms with E-state index in [1.807, 2.05) is 36.9 Å². The average molecular weight is 286 g/mol. The molecule has 1 amide bonds. The zero-order chi connectivity index (χ0) is 15.2. The van der Waals surface area contributed by atoms with Crippen LogP contribution in [0.3, 0.4) is 0 Å². The van der Waals surface area contributed by atoms with E-state index in [0.29, 0.717) is 13.0 Å². The lowest BCUT2D eigenvalue weighted by Gasteiger charge is -2.23. The number of rotatable bonds is 6. The lowest BCUT2D eigenvalue weighted by Crippen LogP contribution is -2.40. The van der Waals surface area contributed by atoms with Crippen LogP contribution in [0.4, 0.5) is 0 Å². The van der Waals surface area contributed by atoms with Gasteiger partial charge in [0.15, 0.2) is 0 Å². The molecule has 21 heavy (non-hydrogen) atoms. The molecule has 0 spiro atoms. The fourth-order valence-electron chi connectivity index (χ4n) is 2.27. The first-order valence-electron chi connectivity index (χ1n) is 7.44. The molecule has 5 nitrogen and oxygen atoms in total. The van der Waals surface area contributed by atoms with Gasteiger partial charge >= 0.3 is 0 Å². The van der Waals surface area contributed by atoms with Crippen LogP contribution in [0, 0.1) is 6.92 Å². The Kier molecular flexibility index (Phi) is 5.09. The van der Waals surface area contributed by atoms with Crippen molar-refractivity contribution in [3.8, 4) is 11.3 Å². The van der Waals surface area contributed by atoms with Crippen molar-refractivity contribution in [3.63, 3.8) is 0 Å². The first-order chi connectivity index (χ1) is 10.2. The van der Waals surface area contributed by atoms with Crippen LogP contribution < -0.4 is 5.01 Å². The van der Waals surface area contributed by atoms with Crippen LogP contribution in [0.5, 0.6) is 0 Å². The Morgan fingerprint density at radius 3 is 2.81 bits per heavy atom. The van der Waals surface area contributed by atoms with E-state index in [1.54, 1.807) is 17.4 Å². The van der Waals surface area contributed by atoms with Crippen molar-refractivity contribution in [1.82, 2.24) is 14.6 Å². The van der Waals surface area contributed by atoms with Crippen LogP contribution in [0.1, 0.15) is 38.9 Å². The van der Waals surface area contributed by atoms with Gasteiger partial charge in [0, 0.05) is 30.9 Å². The second kappa shape index (κ2) is 7.02. The number of pyridine rings is 1. The number of aromatic nitrogens is 3. The van der Waals surface area contributed by atoms with Gasteiger partial charge in [0.2, 0.25) is 5.91 Å². The second-order valence-corrected chi connectivity index (χ2v) is 4.97. The van der Waals surface area contributed by atoms with Crippen LogP contribution in [0.2, 0.25) is 0 Å². The van der Waals surface area contributed by atoms with Gasteiger partial charge in [0.25, 0.3) is 0 Å². The first kappa shape index (κ1) is 15.2. The molecule has 0 aliphatic heterocycles. The molecule has 112 valence electrons. The van der Waals surface area contributed by atoms with Gasteiger partial charge in [-0.1, -0.05) is 13.3 Å². The molecule has 0 saturated carbocycles. The monoisotopic (exact) mass is 286 g/mol.